The molecule has 1 fully saturated rings. The van der Waals surface area contributed by atoms with Crippen molar-refractivity contribution in [1.82, 2.24) is 10.6 Å². The molecule has 0 aromatic heterocycles. The van der Waals surface area contributed by atoms with E-state index in [1.807, 2.05) is 18.2 Å². The molecular weight excluding hydrogens is 304 g/mol. The van der Waals surface area contributed by atoms with E-state index in [0.717, 1.165) is 31.2 Å². The summed E-state index contributed by atoms with van der Waals surface area (Å²) in [6.07, 6.45) is 3.12. The Labute approximate surface area is 144 Å². The summed E-state index contributed by atoms with van der Waals surface area (Å²) in [5.41, 5.74) is 2.34. The van der Waals surface area contributed by atoms with Crippen LogP contribution in [-0.4, -0.2) is 32.1 Å². The molecule has 1 aliphatic rings. The van der Waals surface area contributed by atoms with Crippen LogP contribution in [0.5, 0.6) is 0 Å². The van der Waals surface area contributed by atoms with Crippen molar-refractivity contribution in [2.45, 2.75) is 39.2 Å². The van der Waals surface area contributed by atoms with Gasteiger partial charge in [0.2, 0.25) is 11.8 Å². The monoisotopic (exact) mass is 332 g/mol. The molecule has 1 aliphatic carbocycles. The third-order valence-electron chi connectivity index (χ3n) is 4.79. The zero-order valence-corrected chi connectivity index (χ0v) is 14.6. The Hall–Kier alpha value is -1.88. The van der Waals surface area contributed by atoms with E-state index in [1.54, 1.807) is 7.11 Å². The smallest absolute Gasteiger partial charge is 0.223 e. The number of benzene rings is 1. The lowest BCUT2D eigenvalue weighted by atomic mass is 9.81. The van der Waals surface area contributed by atoms with E-state index in [1.165, 1.54) is 5.56 Å². The van der Waals surface area contributed by atoms with Crippen LogP contribution in [0.15, 0.2) is 24.3 Å². The molecule has 2 rings (SSSR count). The highest BCUT2D eigenvalue weighted by molar-refractivity contribution is 5.81. The maximum Gasteiger partial charge on any atom is 0.223 e. The minimum atomic E-state index is 0.0250. The molecular formula is C19H28N2O3. The summed E-state index contributed by atoms with van der Waals surface area (Å²) in [5.74, 6) is 0.252. The van der Waals surface area contributed by atoms with Crippen LogP contribution in [-0.2, 0) is 20.9 Å². The highest BCUT2D eigenvalue weighted by Gasteiger charge is 2.29. The van der Waals surface area contributed by atoms with Crippen molar-refractivity contribution in [3.8, 4) is 0 Å². The van der Waals surface area contributed by atoms with E-state index in [-0.39, 0.29) is 23.7 Å². The Morgan fingerprint density at radius 2 is 1.62 bits per heavy atom. The Morgan fingerprint density at radius 1 is 1.04 bits per heavy atom. The summed E-state index contributed by atoms with van der Waals surface area (Å²) >= 11 is 0. The first kappa shape index (κ1) is 18.5. The van der Waals surface area contributed by atoms with Gasteiger partial charge in [0.15, 0.2) is 0 Å². The average molecular weight is 332 g/mol. The predicted octanol–water partition coefficient (Wildman–Crippen LogP) is 2.18. The van der Waals surface area contributed by atoms with Crippen LogP contribution in [0.2, 0.25) is 0 Å². The summed E-state index contributed by atoms with van der Waals surface area (Å²) in [6, 6.07) is 8.08. The standard InChI is InChI=1S/C19H28N2O3/c1-14-5-3-4-6-17(14)13-21-19(23)16-9-7-15(8-10-16)18(22)20-11-12-24-2/h3-6,15-16H,7-13H2,1-2H3,(H,20,22)(H,21,23). The van der Waals surface area contributed by atoms with Crippen LogP contribution in [0.1, 0.15) is 36.8 Å². The summed E-state index contributed by atoms with van der Waals surface area (Å²) < 4.78 is 4.93. The minimum absolute atomic E-state index is 0.0250. The lowest BCUT2D eigenvalue weighted by molar-refractivity contribution is -0.130. The van der Waals surface area contributed by atoms with Crippen LogP contribution >= 0.6 is 0 Å². The van der Waals surface area contributed by atoms with E-state index in [4.69, 9.17) is 4.74 Å². The van der Waals surface area contributed by atoms with Crippen molar-refractivity contribution in [3.05, 3.63) is 35.4 Å². The van der Waals surface area contributed by atoms with Gasteiger partial charge in [0.25, 0.3) is 0 Å². The molecule has 0 spiro atoms. The summed E-state index contributed by atoms with van der Waals surface area (Å²) in [4.78, 5) is 24.4. The summed E-state index contributed by atoms with van der Waals surface area (Å²) in [7, 11) is 1.62. The lowest BCUT2D eigenvalue weighted by Crippen LogP contribution is -2.38. The van der Waals surface area contributed by atoms with E-state index in [9.17, 15) is 9.59 Å². The first-order chi connectivity index (χ1) is 11.6. The molecule has 0 aliphatic heterocycles. The van der Waals surface area contributed by atoms with Gasteiger partial charge in [-0.1, -0.05) is 24.3 Å². The number of methoxy groups -OCH3 is 1. The van der Waals surface area contributed by atoms with Crippen LogP contribution < -0.4 is 10.6 Å². The van der Waals surface area contributed by atoms with Gasteiger partial charge < -0.3 is 15.4 Å². The first-order valence-electron chi connectivity index (χ1n) is 8.70. The fourth-order valence-corrected chi connectivity index (χ4v) is 3.17. The molecule has 2 amide bonds. The van der Waals surface area contributed by atoms with Crippen molar-refractivity contribution in [1.29, 1.82) is 0 Å². The molecule has 1 aromatic rings. The van der Waals surface area contributed by atoms with Crippen LogP contribution in [0, 0.1) is 18.8 Å². The molecule has 132 valence electrons. The second kappa shape index (κ2) is 9.42. The fraction of sp³-hybridized carbons (Fsp3) is 0.579. The second-order valence-corrected chi connectivity index (χ2v) is 6.48. The number of hydrogen-bond acceptors (Lipinski definition) is 3. The average Bonchev–Trinajstić information content (AvgIpc) is 2.61. The normalized spacial score (nSPS) is 20.4. The quantitative estimate of drug-likeness (QED) is 0.752. The fourth-order valence-electron chi connectivity index (χ4n) is 3.17. The third-order valence-corrected chi connectivity index (χ3v) is 4.79. The van der Waals surface area contributed by atoms with Gasteiger partial charge in [-0.3, -0.25) is 9.59 Å². The van der Waals surface area contributed by atoms with Crippen molar-refractivity contribution in [2.75, 3.05) is 20.3 Å². The zero-order chi connectivity index (χ0) is 17.4. The van der Waals surface area contributed by atoms with Gasteiger partial charge in [0.05, 0.1) is 6.61 Å². The van der Waals surface area contributed by atoms with Crippen molar-refractivity contribution < 1.29 is 14.3 Å². The number of hydrogen-bond donors (Lipinski definition) is 2. The van der Waals surface area contributed by atoms with Crippen molar-refractivity contribution in [3.63, 3.8) is 0 Å². The molecule has 5 heteroatoms. The molecule has 0 atom stereocenters. The van der Waals surface area contributed by atoms with Gasteiger partial charge in [0, 0.05) is 32.0 Å². The van der Waals surface area contributed by atoms with Gasteiger partial charge in [-0.25, -0.2) is 0 Å². The Morgan fingerprint density at radius 3 is 2.21 bits per heavy atom. The number of ether oxygens (including phenoxy) is 1. The topological polar surface area (TPSA) is 67.4 Å². The Balaban J connectivity index is 1.72. The highest BCUT2D eigenvalue weighted by Crippen LogP contribution is 2.29. The second-order valence-electron chi connectivity index (χ2n) is 6.48. The lowest BCUT2D eigenvalue weighted by Gasteiger charge is -2.27. The molecule has 5 nitrogen and oxygen atoms in total. The molecule has 0 radical (unpaired) electrons. The SMILES string of the molecule is COCCNC(=O)C1CCC(C(=O)NCc2ccccc2C)CC1. The number of carbonyl (C=O) groups is 2. The summed E-state index contributed by atoms with van der Waals surface area (Å²) in [6.45, 7) is 3.70. The van der Waals surface area contributed by atoms with Crippen LogP contribution in [0.3, 0.4) is 0 Å². The maximum atomic E-state index is 12.3. The predicted molar refractivity (Wildman–Crippen MR) is 93.4 cm³/mol. The third kappa shape index (κ3) is 5.34. The van der Waals surface area contributed by atoms with E-state index >= 15 is 0 Å². The maximum absolute atomic E-state index is 12.3. The van der Waals surface area contributed by atoms with E-state index < -0.39 is 0 Å². The largest absolute Gasteiger partial charge is 0.383 e. The molecule has 0 unspecified atom stereocenters. The number of carbonyl (C=O) groups excluding carboxylic acids is 2. The van der Waals surface area contributed by atoms with Crippen LogP contribution in [0.25, 0.3) is 0 Å². The van der Waals surface area contributed by atoms with Crippen LogP contribution in [0.4, 0.5) is 0 Å². The first-order valence-corrected chi connectivity index (χ1v) is 8.70. The van der Waals surface area contributed by atoms with Crippen molar-refractivity contribution >= 4 is 11.8 Å². The van der Waals surface area contributed by atoms with Gasteiger partial charge >= 0.3 is 0 Å². The molecule has 1 saturated carbocycles. The Kier molecular flexibility index (Phi) is 7.25. The van der Waals surface area contributed by atoms with Gasteiger partial charge in [-0.05, 0) is 43.7 Å². The molecule has 0 heterocycles. The number of rotatable bonds is 7. The molecule has 24 heavy (non-hydrogen) atoms. The van der Waals surface area contributed by atoms with Gasteiger partial charge in [-0.2, -0.15) is 0 Å². The molecule has 2 N–H and O–H groups in total. The number of aryl methyl sites for hydroxylation is 1. The minimum Gasteiger partial charge on any atom is -0.383 e. The summed E-state index contributed by atoms with van der Waals surface area (Å²) in [5, 5.41) is 5.93. The molecule has 0 bridgehead atoms. The van der Waals surface area contributed by atoms with Crippen molar-refractivity contribution in [2.24, 2.45) is 11.8 Å². The van der Waals surface area contributed by atoms with E-state index in [0.29, 0.717) is 19.7 Å². The number of amides is 2. The van der Waals surface area contributed by atoms with E-state index in [2.05, 4.69) is 23.6 Å². The van der Waals surface area contributed by atoms with Gasteiger partial charge in [0.1, 0.15) is 0 Å². The molecule has 0 saturated heterocycles. The Bertz CT molecular complexity index is 551. The molecule has 1 aromatic carbocycles. The highest BCUT2D eigenvalue weighted by atomic mass is 16.5. The number of nitrogens with one attached hydrogen (secondary N) is 2. The van der Waals surface area contributed by atoms with Gasteiger partial charge in [-0.15, -0.1) is 0 Å². The zero-order valence-electron chi connectivity index (χ0n) is 14.6.